The largest absolute Gasteiger partial charge is 0.336 e. The van der Waals surface area contributed by atoms with Crippen LogP contribution < -0.4 is 0 Å². The number of fused-ring (bicyclic) bond motifs is 5. The van der Waals surface area contributed by atoms with Gasteiger partial charge in [-0.05, 0) is 55.4 Å². The van der Waals surface area contributed by atoms with E-state index in [9.17, 15) is 4.79 Å². The summed E-state index contributed by atoms with van der Waals surface area (Å²) >= 11 is 1.79. The van der Waals surface area contributed by atoms with Crippen LogP contribution in [0, 0.1) is 11.3 Å². The van der Waals surface area contributed by atoms with Crippen LogP contribution in [0.25, 0.3) is 15.9 Å². The normalized spacial score (nSPS) is 20.7. The van der Waals surface area contributed by atoms with Gasteiger partial charge in [0.15, 0.2) is 5.65 Å². The summed E-state index contributed by atoms with van der Waals surface area (Å²) in [6.07, 6.45) is 8.40. The molecular formula is C21H27N5OS. The van der Waals surface area contributed by atoms with Gasteiger partial charge in [0.1, 0.15) is 11.2 Å². The van der Waals surface area contributed by atoms with Crippen molar-refractivity contribution in [3.63, 3.8) is 0 Å². The highest BCUT2D eigenvalue weighted by atomic mass is 32.1. The highest BCUT2D eigenvalue weighted by molar-refractivity contribution is 7.19. The van der Waals surface area contributed by atoms with Gasteiger partial charge < -0.3 is 4.90 Å². The number of aryl methyl sites for hydroxylation is 1. The Kier molecular flexibility index (Phi) is 4.19. The first kappa shape index (κ1) is 18.0. The van der Waals surface area contributed by atoms with E-state index in [1.54, 1.807) is 22.2 Å². The van der Waals surface area contributed by atoms with Crippen molar-refractivity contribution in [2.24, 2.45) is 11.3 Å². The lowest BCUT2D eigenvalue weighted by Gasteiger charge is -2.33. The number of aromatic nitrogens is 4. The monoisotopic (exact) mass is 397 g/mol. The molecule has 3 aromatic heterocycles. The molecule has 0 radical (unpaired) electrons. The van der Waals surface area contributed by atoms with Crippen LogP contribution in [-0.2, 0) is 12.8 Å². The number of carbonyl (C=O) groups is 1. The predicted octanol–water partition coefficient (Wildman–Crippen LogP) is 4.12. The van der Waals surface area contributed by atoms with E-state index in [-0.39, 0.29) is 5.91 Å². The molecule has 1 fully saturated rings. The Labute approximate surface area is 169 Å². The summed E-state index contributed by atoms with van der Waals surface area (Å²) in [5, 5.41) is 5.59. The number of amides is 1. The van der Waals surface area contributed by atoms with Gasteiger partial charge in [-0.15, -0.1) is 16.4 Å². The van der Waals surface area contributed by atoms with Crippen molar-refractivity contribution < 1.29 is 4.79 Å². The second-order valence-electron chi connectivity index (χ2n) is 9.29. The van der Waals surface area contributed by atoms with Gasteiger partial charge in [-0.1, -0.05) is 20.8 Å². The van der Waals surface area contributed by atoms with Crippen molar-refractivity contribution >= 4 is 33.1 Å². The lowest BCUT2D eigenvalue weighted by Crippen LogP contribution is -2.36. The first-order valence-electron chi connectivity index (χ1n) is 10.4. The third kappa shape index (κ3) is 2.91. The molecule has 2 aliphatic rings. The summed E-state index contributed by atoms with van der Waals surface area (Å²) in [7, 11) is 0. The molecule has 148 valence electrons. The fraction of sp³-hybridized carbons (Fsp3) is 0.619. The number of likely N-dealkylation sites (tertiary alicyclic amines) is 1. The fourth-order valence-corrected chi connectivity index (χ4v) is 5.90. The van der Waals surface area contributed by atoms with E-state index in [2.05, 4.69) is 30.9 Å². The molecule has 6 nitrogen and oxygen atoms in total. The molecule has 0 spiro atoms. The maximum Gasteiger partial charge on any atom is 0.293 e. The van der Waals surface area contributed by atoms with Crippen LogP contribution >= 0.6 is 11.3 Å². The third-order valence-corrected chi connectivity index (χ3v) is 7.61. The summed E-state index contributed by atoms with van der Waals surface area (Å²) in [6.45, 7) is 8.63. The van der Waals surface area contributed by atoms with Gasteiger partial charge in [-0.25, -0.2) is 14.5 Å². The quantitative estimate of drug-likeness (QED) is 0.620. The van der Waals surface area contributed by atoms with Gasteiger partial charge >= 0.3 is 0 Å². The molecule has 5 rings (SSSR count). The van der Waals surface area contributed by atoms with E-state index in [0.29, 0.717) is 17.2 Å². The van der Waals surface area contributed by atoms with E-state index < -0.39 is 0 Å². The average molecular weight is 398 g/mol. The van der Waals surface area contributed by atoms with Crippen LogP contribution in [0.4, 0.5) is 0 Å². The lowest BCUT2D eigenvalue weighted by atomic mass is 9.72. The molecule has 1 aliphatic carbocycles. The van der Waals surface area contributed by atoms with Crippen LogP contribution in [0.15, 0.2) is 6.33 Å². The molecule has 0 saturated carbocycles. The predicted molar refractivity (Wildman–Crippen MR) is 111 cm³/mol. The Morgan fingerprint density at radius 2 is 2.00 bits per heavy atom. The smallest absolute Gasteiger partial charge is 0.293 e. The summed E-state index contributed by atoms with van der Waals surface area (Å²) in [5.74, 6) is 0.950. The number of rotatable bonds is 1. The molecular weight excluding hydrogens is 370 g/mol. The van der Waals surface area contributed by atoms with Crippen LogP contribution in [0.5, 0.6) is 0 Å². The molecule has 7 heteroatoms. The highest BCUT2D eigenvalue weighted by Gasteiger charge is 2.32. The summed E-state index contributed by atoms with van der Waals surface area (Å²) < 4.78 is 1.70. The van der Waals surface area contributed by atoms with E-state index >= 15 is 0 Å². The van der Waals surface area contributed by atoms with Gasteiger partial charge in [0.05, 0.1) is 5.39 Å². The van der Waals surface area contributed by atoms with E-state index in [4.69, 9.17) is 4.98 Å². The first-order chi connectivity index (χ1) is 13.4. The van der Waals surface area contributed by atoms with Crippen molar-refractivity contribution in [3.05, 3.63) is 22.6 Å². The molecule has 0 bridgehead atoms. The first-order valence-corrected chi connectivity index (χ1v) is 11.2. The van der Waals surface area contributed by atoms with Crippen LogP contribution in [0.2, 0.25) is 0 Å². The van der Waals surface area contributed by atoms with Crippen molar-refractivity contribution in [3.8, 4) is 0 Å². The molecule has 1 saturated heterocycles. The Balaban J connectivity index is 1.56. The Bertz CT molecular complexity index is 1050. The van der Waals surface area contributed by atoms with Crippen molar-refractivity contribution in [1.82, 2.24) is 24.5 Å². The zero-order chi connectivity index (χ0) is 19.5. The molecule has 0 N–H and O–H groups in total. The fourth-order valence-electron chi connectivity index (χ4n) is 4.64. The molecule has 1 atom stereocenters. The molecule has 1 aliphatic heterocycles. The SMILES string of the molecule is CC(C)(C)[C@@H]1CCc2c(sc3ncn4nc(C(=O)N5CCCCC5)nc4c23)C1. The third-order valence-electron chi connectivity index (χ3n) is 6.45. The standard InChI is InChI=1S/C21H27N5OS/c1-21(2,3)13-7-8-14-15(11-13)28-19-16(14)18-23-17(24-26(18)12-22-19)20(27)25-9-5-4-6-10-25/h12-13H,4-11H2,1-3H3/t13-/m1/s1. The van der Waals surface area contributed by atoms with Crippen LogP contribution in [-0.4, -0.2) is 43.5 Å². The summed E-state index contributed by atoms with van der Waals surface area (Å²) in [5.41, 5.74) is 2.49. The lowest BCUT2D eigenvalue weighted by molar-refractivity contribution is 0.0712. The molecule has 4 heterocycles. The van der Waals surface area contributed by atoms with Gasteiger partial charge in [-0.3, -0.25) is 4.79 Å². The number of piperidine rings is 1. The molecule has 1 amide bonds. The number of hydrogen-bond donors (Lipinski definition) is 0. The van der Waals surface area contributed by atoms with E-state index in [1.165, 1.54) is 23.3 Å². The minimum absolute atomic E-state index is 0.0477. The second-order valence-corrected chi connectivity index (χ2v) is 10.4. The van der Waals surface area contributed by atoms with Crippen molar-refractivity contribution in [2.45, 2.75) is 59.3 Å². The van der Waals surface area contributed by atoms with Gasteiger partial charge in [0.25, 0.3) is 5.91 Å². The second kappa shape index (κ2) is 6.51. The Hall–Kier alpha value is -2.02. The zero-order valence-corrected chi connectivity index (χ0v) is 17.7. The number of thiophene rings is 1. The minimum Gasteiger partial charge on any atom is -0.336 e. The Morgan fingerprint density at radius 3 is 2.75 bits per heavy atom. The topological polar surface area (TPSA) is 63.4 Å². The molecule has 28 heavy (non-hydrogen) atoms. The van der Waals surface area contributed by atoms with Crippen LogP contribution in [0.1, 0.15) is 67.5 Å². The molecule has 3 aromatic rings. The van der Waals surface area contributed by atoms with Crippen LogP contribution in [0.3, 0.4) is 0 Å². The number of hydrogen-bond acceptors (Lipinski definition) is 5. The average Bonchev–Trinajstić information content (AvgIpc) is 3.27. The van der Waals surface area contributed by atoms with E-state index in [0.717, 1.165) is 54.6 Å². The molecule has 0 aromatic carbocycles. The summed E-state index contributed by atoms with van der Waals surface area (Å²) in [4.78, 5) is 26.5. The number of nitrogens with zero attached hydrogens (tertiary/aromatic N) is 5. The van der Waals surface area contributed by atoms with Crippen molar-refractivity contribution in [2.75, 3.05) is 13.1 Å². The minimum atomic E-state index is -0.0477. The van der Waals surface area contributed by atoms with Gasteiger partial charge in [0.2, 0.25) is 5.82 Å². The van der Waals surface area contributed by atoms with Gasteiger partial charge in [0, 0.05) is 18.0 Å². The molecule has 0 unspecified atom stereocenters. The highest BCUT2D eigenvalue weighted by Crippen LogP contribution is 2.43. The maximum absolute atomic E-state index is 12.9. The maximum atomic E-state index is 12.9. The van der Waals surface area contributed by atoms with E-state index in [1.807, 2.05) is 4.90 Å². The van der Waals surface area contributed by atoms with Gasteiger partial charge in [-0.2, -0.15) is 0 Å². The number of carbonyl (C=O) groups excluding carboxylic acids is 1. The summed E-state index contributed by atoms with van der Waals surface area (Å²) in [6, 6.07) is 0. The van der Waals surface area contributed by atoms with Crippen molar-refractivity contribution in [1.29, 1.82) is 0 Å². The zero-order valence-electron chi connectivity index (χ0n) is 16.9. The Morgan fingerprint density at radius 1 is 1.21 bits per heavy atom.